The van der Waals surface area contributed by atoms with Gasteiger partial charge in [0, 0.05) is 0 Å². The highest BCUT2D eigenvalue weighted by molar-refractivity contribution is 8.77. The predicted octanol–water partition coefficient (Wildman–Crippen LogP) is 0.326. The number of hydrogen-bond donors (Lipinski definition) is 4. The smallest absolute Gasteiger partial charge is 0.0868 e. The molecule has 0 aromatic heterocycles. The van der Waals surface area contributed by atoms with Gasteiger partial charge in [-0.05, 0) is 25.7 Å². The van der Waals surface area contributed by atoms with Crippen LogP contribution in [0.1, 0.15) is 51.4 Å². The first kappa shape index (κ1) is 23.3. The molecule has 4 nitrogen and oxygen atoms in total. The lowest BCUT2D eigenvalue weighted by Crippen LogP contribution is -2.56. The third-order valence-corrected chi connectivity index (χ3v) is 11.7. The molecule has 0 amide bonds. The molecular formula is C16H40N4S4+4. The Balaban J connectivity index is 2.53. The molecular weight excluding hydrogens is 376 g/mol. The third-order valence-electron chi connectivity index (χ3n) is 4.55. The van der Waals surface area contributed by atoms with Crippen LogP contribution in [0.5, 0.6) is 0 Å². The monoisotopic (exact) mass is 416 g/mol. The van der Waals surface area contributed by atoms with Crippen LogP contribution in [-0.2, 0) is 0 Å². The summed E-state index contributed by atoms with van der Waals surface area (Å²) in [5, 5.41) is 2.86. The summed E-state index contributed by atoms with van der Waals surface area (Å²) in [4.78, 5) is 0. The summed E-state index contributed by atoms with van der Waals surface area (Å²) in [6, 6.07) is 0. The second kappa shape index (κ2) is 15.3. The Bertz CT molecular complexity index is 243. The first-order valence-electron chi connectivity index (χ1n) is 9.54. The van der Waals surface area contributed by atoms with E-state index in [4.69, 9.17) is 0 Å². The second-order valence-electron chi connectivity index (χ2n) is 6.60. The van der Waals surface area contributed by atoms with Gasteiger partial charge in [-0.3, -0.25) is 0 Å². The standard InChI is InChI=1S/C16H36N4S4/c17-9-13-5-1-2-6-14(10-18)22-24-16(12-20)8-4-3-7-15(11-19)23-21-13/h13-16H,1-12,17-20H2/p+4. The molecule has 1 fully saturated rings. The van der Waals surface area contributed by atoms with Crippen LogP contribution in [0.3, 0.4) is 0 Å². The highest BCUT2D eigenvalue weighted by Gasteiger charge is 2.19. The van der Waals surface area contributed by atoms with Crippen LogP contribution >= 0.6 is 43.2 Å². The molecule has 0 aromatic carbocycles. The average molecular weight is 417 g/mol. The molecule has 0 aromatic rings. The Hall–Kier alpha value is 1.24. The Kier molecular flexibility index (Phi) is 14.9. The molecule has 0 saturated carbocycles. The second-order valence-corrected chi connectivity index (χ2v) is 12.3. The van der Waals surface area contributed by atoms with Crippen LogP contribution in [0.25, 0.3) is 0 Å². The molecule has 1 aliphatic rings. The van der Waals surface area contributed by atoms with Gasteiger partial charge in [0.1, 0.15) is 0 Å². The molecule has 8 heteroatoms. The maximum Gasteiger partial charge on any atom is 0.0868 e. The number of rotatable bonds is 4. The van der Waals surface area contributed by atoms with Crippen molar-refractivity contribution >= 4 is 43.2 Å². The summed E-state index contributed by atoms with van der Waals surface area (Å²) in [5.41, 5.74) is 16.7. The molecule has 4 unspecified atom stereocenters. The molecule has 1 heterocycles. The van der Waals surface area contributed by atoms with E-state index in [-0.39, 0.29) is 0 Å². The van der Waals surface area contributed by atoms with E-state index in [1.807, 2.05) is 0 Å². The van der Waals surface area contributed by atoms with Gasteiger partial charge in [0.2, 0.25) is 0 Å². The fourth-order valence-corrected chi connectivity index (χ4v) is 9.02. The zero-order valence-corrected chi connectivity index (χ0v) is 18.5. The van der Waals surface area contributed by atoms with Crippen LogP contribution in [0.4, 0.5) is 0 Å². The van der Waals surface area contributed by atoms with Gasteiger partial charge in [-0.2, -0.15) is 0 Å². The Labute approximate surface area is 164 Å². The van der Waals surface area contributed by atoms with E-state index >= 15 is 0 Å². The zero-order chi connectivity index (χ0) is 17.6. The highest BCUT2D eigenvalue weighted by Crippen LogP contribution is 2.37. The first-order chi connectivity index (χ1) is 11.7. The van der Waals surface area contributed by atoms with E-state index in [2.05, 4.69) is 66.1 Å². The lowest BCUT2D eigenvalue weighted by atomic mass is 10.1. The fraction of sp³-hybridized carbons (Fsp3) is 1.00. The van der Waals surface area contributed by atoms with Crippen LogP contribution in [0.15, 0.2) is 0 Å². The van der Waals surface area contributed by atoms with Crippen LogP contribution in [-0.4, -0.2) is 47.2 Å². The van der Waals surface area contributed by atoms with Crippen molar-refractivity contribution in [1.82, 2.24) is 0 Å². The SMILES string of the molecule is [NH3+]CC1CCCCC(C[NH3+])SSC(C[NH3+])CCCCC(C[NH3+])SS1. The van der Waals surface area contributed by atoms with Gasteiger partial charge in [-0.1, -0.05) is 68.9 Å². The Morgan fingerprint density at radius 1 is 0.458 bits per heavy atom. The van der Waals surface area contributed by atoms with Gasteiger partial charge in [-0.15, -0.1) is 0 Å². The summed E-state index contributed by atoms with van der Waals surface area (Å²) < 4.78 is 0. The molecule has 4 atom stereocenters. The predicted molar refractivity (Wildman–Crippen MR) is 113 cm³/mol. The third kappa shape index (κ3) is 10.4. The van der Waals surface area contributed by atoms with E-state index < -0.39 is 0 Å². The quantitative estimate of drug-likeness (QED) is 0.495. The minimum absolute atomic E-state index is 0.715. The summed E-state index contributed by atoms with van der Waals surface area (Å²) in [7, 11) is 8.34. The van der Waals surface area contributed by atoms with Crippen molar-refractivity contribution in [2.45, 2.75) is 72.4 Å². The molecule has 24 heavy (non-hydrogen) atoms. The average Bonchev–Trinajstić information content (AvgIpc) is 2.61. The van der Waals surface area contributed by atoms with Crippen molar-refractivity contribution in [2.75, 3.05) is 26.2 Å². The largest absolute Gasteiger partial charge is 0.357 e. The van der Waals surface area contributed by atoms with Crippen LogP contribution < -0.4 is 22.9 Å². The van der Waals surface area contributed by atoms with Crippen molar-refractivity contribution in [3.05, 3.63) is 0 Å². The van der Waals surface area contributed by atoms with Crippen molar-refractivity contribution in [3.8, 4) is 0 Å². The minimum atomic E-state index is 0.715. The van der Waals surface area contributed by atoms with Gasteiger partial charge < -0.3 is 22.9 Å². The number of hydrogen-bond acceptors (Lipinski definition) is 4. The lowest BCUT2D eigenvalue weighted by Gasteiger charge is -2.19. The highest BCUT2D eigenvalue weighted by atomic mass is 33.1. The number of quaternary nitrogens is 4. The van der Waals surface area contributed by atoms with Gasteiger partial charge >= 0.3 is 0 Å². The normalized spacial score (nSPS) is 32.5. The summed E-state index contributed by atoms with van der Waals surface area (Å²) in [6.07, 6.45) is 10.6. The van der Waals surface area contributed by atoms with Gasteiger partial charge in [0.25, 0.3) is 0 Å². The topological polar surface area (TPSA) is 111 Å². The van der Waals surface area contributed by atoms with Crippen LogP contribution in [0, 0.1) is 0 Å². The molecule has 144 valence electrons. The van der Waals surface area contributed by atoms with E-state index in [1.165, 1.54) is 51.4 Å². The Morgan fingerprint density at radius 3 is 0.833 bits per heavy atom. The molecule has 1 aliphatic heterocycles. The van der Waals surface area contributed by atoms with E-state index in [9.17, 15) is 0 Å². The van der Waals surface area contributed by atoms with Crippen molar-refractivity contribution in [3.63, 3.8) is 0 Å². The maximum atomic E-state index is 4.17. The summed E-state index contributed by atoms with van der Waals surface area (Å²) in [6.45, 7) is 4.21. The van der Waals surface area contributed by atoms with Crippen molar-refractivity contribution in [2.24, 2.45) is 0 Å². The molecule has 0 spiro atoms. The molecule has 0 aliphatic carbocycles. The Morgan fingerprint density at radius 2 is 0.667 bits per heavy atom. The van der Waals surface area contributed by atoms with Gasteiger partial charge in [-0.25, -0.2) is 0 Å². The summed E-state index contributed by atoms with van der Waals surface area (Å²) in [5.74, 6) is 0. The molecule has 0 radical (unpaired) electrons. The fourth-order valence-electron chi connectivity index (χ4n) is 2.76. The maximum absolute atomic E-state index is 4.17. The van der Waals surface area contributed by atoms with Crippen molar-refractivity contribution < 1.29 is 22.9 Å². The molecule has 1 rings (SSSR count). The van der Waals surface area contributed by atoms with Gasteiger partial charge in [0.05, 0.1) is 47.2 Å². The zero-order valence-electron chi connectivity index (χ0n) is 15.3. The van der Waals surface area contributed by atoms with Crippen LogP contribution in [0.2, 0.25) is 0 Å². The molecule has 0 bridgehead atoms. The lowest BCUT2D eigenvalue weighted by molar-refractivity contribution is -0.367. The molecule has 1 saturated heterocycles. The first-order valence-corrected chi connectivity index (χ1v) is 14.1. The van der Waals surface area contributed by atoms with Gasteiger partial charge in [0.15, 0.2) is 0 Å². The van der Waals surface area contributed by atoms with Crippen molar-refractivity contribution in [1.29, 1.82) is 0 Å². The minimum Gasteiger partial charge on any atom is -0.357 e. The van der Waals surface area contributed by atoms with E-state index in [1.54, 1.807) is 0 Å². The van der Waals surface area contributed by atoms with E-state index in [0.29, 0.717) is 21.0 Å². The summed E-state index contributed by atoms with van der Waals surface area (Å²) >= 11 is 0. The molecule has 12 N–H and O–H groups in total. The van der Waals surface area contributed by atoms with E-state index in [0.717, 1.165) is 26.2 Å².